The quantitative estimate of drug-likeness (QED) is 0.145. The van der Waals surface area contributed by atoms with Crippen molar-refractivity contribution in [3.63, 3.8) is 0 Å². The average Bonchev–Trinajstić information content (AvgIpc) is 2.73. The Hall–Kier alpha value is -1.89. The van der Waals surface area contributed by atoms with Crippen LogP contribution in [0.3, 0.4) is 0 Å². The molecule has 0 bridgehead atoms. The van der Waals surface area contributed by atoms with Crippen LogP contribution in [0.5, 0.6) is 0 Å². The van der Waals surface area contributed by atoms with Gasteiger partial charge in [-0.25, -0.2) is 4.39 Å². The van der Waals surface area contributed by atoms with Crippen LogP contribution < -0.4 is 10.6 Å². The third-order valence-corrected chi connectivity index (χ3v) is 5.85. The molecular weight excluding hydrogens is 612 g/mol. The van der Waals surface area contributed by atoms with Gasteiger partial charge < -0.3 is 10.6 Å². The molecule has 35 heavy (non-hydrogen) atoms. The summed E-state index contributed by atoms with van der Waals surface area (Å²) in [7, 11) is 0. The lowest BCUT2D eigenvalue weighted by Crippen LogP contribution is -2.42. The van der Waals surface area contributed by atoms with Gasteiger partial charge in [0.25, 0.3) is 0 Å². The number of thiocarbonyl (C=S) groups is 1. The number of hydrogen-bond donors (Lipinski definition) is 2. The van der Waals surface area contributed by atoms with E-state index in [1.165, 1.54) is 18.2 Å². The molecule has 3 nitrogen and oxygen atoms in total. The fourth-order valence-corrected chi connectivity index (χ4v) is 4.00. The standard InChI is InChI=1S/C21H14BrCl2F7N2OS/c22-14-5-10(1-3-12(14)17(34)8-32-19(35)33-9-20(26,27)28)2-4-13(21(29,30)31)11-6-15(23)18(25)16(24)7-11/h1-7,13H,8-9H2,(H2,32,33,35)/b4-2+. The van der Waals surface area contributed by atoms with Crippen LogP contribution in [0.1, 0.15) is 27.4 Å². The van der Waals surface area contributed by atoms with Crippen LogP contribution in [-0.2, 0) is 0 Å². The number of carbonyl (C=O) groups is 1. The summed E-state index contributed by atoms with van der Waals surface area (Å²) < 4.78 is 91.2. The van der Waals surface area contributed by atoms with Crippen molar-refractivity contribution >= 4 is 68.3 Å². The monoisotopic (exact) mass is 624 g/mol. The van der Waals surface area contributed by atoms with Crippen LogP contribution in [0.2, 0.25) is 10.0 Å². The Kier molecular flexibility index (Phi) is 9.97. The van der Waals surface area contributed by atoms with E-state index >= 15 is 0 Å². The van der Waals surface area contributed by atoms with Gasteiger partial charge >= 0.3 is 12.4 Å². The molecule has 0 radical (unpaired) electrons. The highest BCUT2D eigenvalue weighted by Gasteiger charge is 2.39. The largest absolute Gasteiger partial charge is 0.405 e. The minimum atomic E-state index is -4.74. The molecule has 0 amide bonds. The number of ketones is 1. The number of carbonyl (C=O) groups excluding carboxylic acids is 1. The van der Waals surface area contributed by atoms with Crippen molar-refractivity contribution in [3.05, 3.63) is 73.4 Å². The summed E-state index contributed by atoms with van der Waals surface area (Å²) in [6, 6.07) is 5.75. The van der Waals surface area contributed by atoms with Crippen molar-refractivity contribution in [1.82, 2.24) is 10.6 Å². The molecule has 0 aromatic heterocycles. The highest BCUT2D eigenvalue weighted by atomic mass is 79.9. The van der Waals surface area contributed by atoms with Gasteiger partial charge in [-0.2, -0.15) is 26.3 Å². The predicted molar refractivity (Wildman–Crippen MR) is 127 cm³/mol. The van der Waals surface area contributed by atoms with Crippen molar-refractivity contribution in [2.45, 2.75) is 18.3 Å². The number of benzene rings is 2. The normalized spacial score (nSPS) is 13.1. The Bertz CT molecular complexity index is 1120. The second-order valence-corrected chi connectivity index (χ2v) is 9.07. The van der Waals surface area contributed by atoms with E-state index in [0.717, 1.165) is 24.3 Å². The second kappa shape index (κ2) is 11.9. The van der Waals surface area contributed by atoms with Gasteiger partial charge in [-0.05, 0) is 47.6 Å². The van der Waals surface area contributed by atoms with Gasteiger partial charge in [0.2, 0.25) is 0 Å². The summed E-state index contributed by atoms with van der Waals surface area (Å²) in [4.78, 5) is 12.3. The minimum Gasteiger partial charge on any atom is -0.355 e. The van der Waals surface area contributed by atoms with Gasteiger partial charge in [0.15, 0.2) is 16.7 Å². The molecule has 2 N–H and O–H groups in total. The molecule has 1 unspecified atom stereocenters. The van der Waals surface area contributed by atoms with E-state index in [4.69, 9.17) is 23.2 Å². The third-order valence-electron chi connectivity index (χ3n) is 4.35. The maximum Gasteiger partial charge on any atom is 0.405 e. The summed E-state index contributed by atoms with van der Waals surface area (Å²) in [6.45, 7) is -1.79. The lowest BCUT2D eigenvalue weighted by Gasteiger charge is -2.18. The predicted octanol–water partition coefficient (Wildman–Crippen LogP) is 7.46. The number of hydrogen-bond acceptors (Lipinski definition) is 2. The topological polar surface area (TPSA) is 41.1 Å². The van der Waals surface area contributed by atoms with Crippen molar-refractivity contribution in [2.24, 2.45) is 0 Å². The smallest absolute Gasteiger partial charge is 0.355 e. The van der Waals surface area contributed by atoms with Crippen LogP contribution in [0.15, 0.2) is 40.9 Å². The highest BCUT2D eigenvalue weighted by molar-refractivity contribution is 9.10. The first-order valence-corrected chi connectivity index (χ1v) is 11.3. The molecule has 0 saturated heterocycles. The van der Waals surface area contributed by atoms with E-state index in [9.17, 15) is 35.5 Å². The van der Waals surface area contributed by atoms with Gasteiger partial charge in [-0.3, -0.25) is 4.79 Å². The van der Waals surface area contributed by atoms with E-state index in [0.29, 0.717) is 0 Å². The van der Waals surface area contributed by atoms with Crippen molar-refractivity contribution < 1.29 is 35.5 Å². The molecule has 14 heteroatoms. The Labute approximate surface area is 218 Å². The molecular formula is C21H14BrCl2F7N2OS. The van der Waals surface area contributed by atoms with E-state index in [1.807, 2.05) is 5.32 Å². The van der Waals surface area contributed by atoms with Crippen LogP contribution >= 0.6 is 51.3 Å². The minimum absolute atomic E-state index is 0.123. The molecule has 0 heterocycles. The molecule has 2 aromatic rings. The molecule has 2 rings (SSSR count). The number of allylic oxidation sites excluding steroid dienone is 1. The van der Waals surface area contributed by atoms with Crippen LogP contribution in [-0.4, -0.2) is 36.3 Å². The third kappa shape index (κ3) is 8.93. The van der Waals surface area contributed by atoms with E-state index < -0.39 is 53.0 Å². The first-order chi connectivity index (χ1) is 16.1. The number of halogens is 10. The molecule has 1 atom stereocenters. The molecule has 2 aromatic carbocycles. The molecule has 190 valence electrons. The van der Waals surface area contributed by atoms with E-state index in [1.54, 1.807) is 0 Å². The summed E-state index contributed by atoms with van der Waals surface area (Å²) in [5.74, 6) is -3.71. The fraction of sp³-hybridized carbons (Fsp3) is 0.238. The summed E-state index contributed by atoms with van der Waals surface area (Å²) >= 11 is 19.1. The molecule has 0 aliphatic rings. The zero-order chi connectivity index (χ0) is 26.6. The highest BCUT2D eigenvalue weighted by Crippen LogP contribution is 2.39. The lowest BCUT2D eigenvalue weighted by molar-refractivity contribution is -0.139. The van der Waals surface area contributed by atoms with Gasteiger partial charge in [-0.1, -0.05) is 57.4 Å². The fourth-order valence-electron chi connectivity index (χ4n) is 2.73. The molecule has 0 aliphatic heterocycles. The molecule has 0 saturated carbocycles. The Balaban J connectivity index is 2.15. The van der Waals surface area contributed by atoms with Gasteiger partial charge in [0.1, 0.15) is 6.54 Å². The summed E-state index contributed by atoms with van der Waals surface area (Å²) in [5, 5.41) is 2.78. The van der Waals surface area contributed by atoms with Crippen LogP contribution in [0.25, 0.3) is 6.08 Å². The van der Waals surface area contributed by atoms with Crippen molar-refractivity contribution in [2.75, 3.05) is 13.1 Å². The van der Waals surface area contributed by atoms with Crippen LogP contribution in [0, 0.1) is 5.82 Å². The van der Waals surface area contributed by atoms with Crippen molar-refractivity contribution in [3.8, 4) is 0 Å². The zero-order valence-electron chi connectivity index (χ0n) is 17.1. The number of alkyl halides is 6. The summed E-state index contributed by atoms with van der Waals surface area (Å²) in [6.07, 6.45) is -7.24. The average molecular weight is 626 g/mol. The van der Waals surface area contributed by atoms with Crippen molar-refractivity contribution in [1.29, 1.82) is 0 Å². The first kappa shape index (κ1) is 29.3. The van der Waals surface area contributed by atoms with Crippen LogP contribution in [0.4, 0.5) is 30.7 Å². The second-order valence-electron chi connectivity index (χ2n) is 6.99. The maximum absolute atomic E-state index is 13.6. The number of rotatable bonds is 7. The molecule has 0 aliphatic carbocycles. The lowest BCUT2D eigenvalue weighted by atomic mass is 9.96. The SMILES string of the molecule is O=C(CNC(=S)NCC(F)(F)F)c1ccc(/C=C/C(c2cc(Cl)c(F)c(Cl)c2)C(F)(F)F)cc1Br. The van der Waals surface area contributed by atoms with Gasteiger partial charge in [-0.15, -0.1) is 0 Å². The number of Topliss-reactive ketones (excluding diaryl/α,β-unsaturated/α-hetero) is 1. The maximum atomic E-state index is 13.6. The van der Waals surface area contributed by atoms with Gasteiger partial charge in [0.05, 0.1) is 22.5 Å². The van der Waals surface area contributed by atoms with Gasteiger partial charge in [0, 0.05) is 10.0 Å². The number of nitrogens with one attached hydrogen (secondary N) is 2. The Morgan fingerprint density at radius 3 is 2.17 bits per heavy atom. The van der Waals surface area contributed by atoms with E-state index in [-0.39, 0.29) is 26.3 Å². The van der Waals surface area contributed by atoms with E-state index in [2.05, 4.69) is 33.5 Å². The summed E-state index contributed by atoms with van der Waals surface area (Å²) in [5.41, 5.74) is 0.0484. The zero-order valence-corrected chi connectivity index (χ0v) is 21.0. The Morgan fingerprint density at radius 1 is 1.06 bits per heavy atom. The Morgan fingerprint density at radius 2 is 1.66 bits per heavy atom. The first-order valence-electron chi connectivity index (χ1n) is 9.39. The molecule has 0 fully saturated rings. The molecule has 0 spiro atoms.